The maximum absolute atomic E-state index is 14.8. The highest BCUT2D eigenvalue weighted by atomic mass is 19.1. The van der Waals surface area contributed by atoms with E-state index in [2.05, 4.69) is 34.3 Å². The lowest BCUT2D eigenvalue weighted by Gasteiger charge is -2.24. The monoisotopic (exact) mass is 476 g/mol. The maximum Gasteiger partial charge on any atom is 0.256 e. The number of nitrogens with one attached hydrogen (secondary N) is 1. The highest BCUT2D eigenvalue weighted by Crippen LogP contribution is 2.40. The Hall–Kier alpha value is -3.45. The average Bonchev–Trinajstić information content (AvgIpc) is 3.32. The molecule has 0 spiro atoms. The molecule has 0 bridgehead atoms. The summed E-state index contributed by atoms with van der Waals surface area (Å²) in [5, 5.41) is 3.38. The van der Waals surface area contributed by atoms with Crippen LogP contribution >= 0.6 is 0 Å². The first-order chi connectivity index (χ1) is 17.0. The van der Waals surface area contributed by atoms with Crippen LogP contribution in [0.3, 0.4) is 0 Å². The number of amides is 1. The molecular weight excluding hydrogens is 443 g/mol. The lowest BCUT2D eigenvalue weighted by molar-refractivity contribution is 0.0746. The summed E-state index contributed by atoms with van der Waals surface area (Å²) in [5.74, 6) is 0.949. The van der Waals surface area contributed by atoms with E-state index in [9.17, 15) is 9.18 Å². The molecule has 1 aliphatic rings. The molecule has 1 atom stereocenters. The number of para-hydroxylation sites is 1. The van der Waals surface area contributed by atoms with Crippen molar-refractivity contribution in [2.24, 2.45) is 0 Å². The number of nitrogens with zero attached hydrogens (tertiary/aromatic N) is 3. The lowest BCUT2D eigenvalue weighted by Crippen LogP contribution is -2.37. The zero-order valence-corrected chi connectivity index (χ0v) is 20.8. The Kier molecular flexibility index (Phi) is 7.66. The molecule has 35 heavy (non-hydrogen) atoms. The topological polar surface area (TPSA) is 57.7 Å². The summed E-state index contributed by atoms with van der Waals surface area (Å²) >= 11 is 0. The van der Waals surface area contributed by atoms with E-state index in [1.165, 1.54) is 6.07 Å². The van der Waals surface area contributed by atoms with Gasteiger partial charge in [-0.1, -0.05) is 31.2 Å². The molecule has 1 N–H and O–H groups in total. The second-order valence-corrected chi connectivity index (χ2v) is 8.81. The summed E-state index contributed by atoms with van der Waals surface area (Å²) < 4.78 is 20.4. The third-order valence-electron chi connectivity index (χ3n) is 6.77. The molecule has 184 valence electrons. The highest BCUT2D eigenvalue weighted by Gasteiger charge is 2.28. The molecule has 0 aliphatic carbocycles. The van der Waals surface area contributed by atoms with Crippen LogP contribution < -0.4 is 10.1 Å². The molecule has 1 aliphatic heterocycles. The van der Waals surface area contributed by atoms with E-state index in [0.717, 1.165) is 53.5 Å². The number of carbonyl (C=O) groups is 1. The van der Waals surface area contributed by atoms with Crippen molar-refractivity contribution < 1.29 is 13.9 Å². The van der Waals surface area contributed by atoms with E-state index >= 15 is 0 Å². The van der Waals surface area contributed by atoms with Gasteiger partial charge in [-0.15, -0.1) is 0 Å². The van der Waals surface area contributed by atoms with Gasteiger partial charge in [0.25, 0.3) is 5.91 Å². The average molecular weight is 477 g/mol. The second-order valence-electron chi connectivity index (χ2n) is 8.81. The van der Waals surface area contributed by atoms with Gasteiger partial charge >= 0.3 is 0 Å². The Morgan fingerprint density at radius 2 is 1.89 bits per heavy atom. The first kappa shape index (κ1) is 24.7. The Labute approximate surface area is 206 Å². The molecule has 1 aromatic heterocycles. The fourth-order valence-corrected chi connectivity index (χ4v) is 4.49. The summed E-state index contributed by atoms with van der Waals surface area (Å²) in [5.41, 5.74) is 3.84. The van der Waals surface area contributed by atoms with Crippen LogP contribution in [0.25, 0.3) is 11.1 Å². The SMILES string of the molecule is CCN(C)CCN(CC)C(=O)c1cc(-c2cnc3c(c2)C(c2ccccc2OC)CN3)ccc1F. The summed E-state index contributed by atoms with van der Waals surface area (Å²) in [6.07, 6.45) is 1.77. The zero-order chi connectivity index (χ0) is 24.9. The number of hydrogen-bond donors (Lipinski definition) is 1. The van der Waals surface area contributed by atoms with Crippen LogP contribution in [0, 0.1) is 5.82 Å². The van der Waals surface area contributed by atoms with Crippen molar-refractivity contribution in [3.8, 4) is 16.9 Å². The molecule has 6 nitrogen and oxygen atoms in total. The first-order valence-corrected chi connectivity index (χ1v) is 12.1. The number of benzene rings is 2. The third kappa shape index (κ3) is 5.15. The number of fused-ring (bicyclic) bond motifs is 1. The molecule has 1 amide bonds. The van der Waals surface area contributed by atoms with Crippen molar-refractivity contribution in [1.82, 2.24) is 14.8 Å². The van der Waals surface area contributed by atoms with Crippen LogP contribution in [0.15, 0.2) is 54.7 Å². The lowest BCUT2D eigenvalue weighted by atomic mass is 9.91. The van der Waals surface area contributed by atoms with E-state index in [-0.39, 0.29) is 17.4 Å². The molecule has 2 aromatic carbocycles. The van der Waals surface area contributed by atoms with E-state index in [0.29, 0.717) is 13.1 Å². The highest BCUT2D eigenvalue weighted by molar-refractivity contribution is 5.95. The van der Waals surface area contributed by atoms with Crippen LogP contribution in [0.2, 0.25) is 0 Å². The Morgan fingerprint density at radius 1 is 1.09 bits per heavy atom. The fraction of sp³-hybridized carbons (Fsp3) is 0.357. The van der Waals surface area contributed by atoms with Crippen LogP contribution in [0.5, 0.6) is 5.75 Å². The van der Waals surface area contributed by atoms with Gasteiger partial charge in [-0.05, 0) is 50.3 Å². The van der Waals surface area contributed by atoms with Gasteiger partial charge in [0, 0.05) is 55.0 Å². The predicted octanol–water partition coefficient (Wildman–Crippen LogP) is 4.87. The van der Waals surface area contributed by atoms with Crippen molar-refractivity contribution in [3.63, 3.8) is 0 Å². The number of halogens is 1. The van der Waals surface area contributed by atoms with Crippen molar-refractivity contribution in [2.75, 3.05) is 52.2 Å². The van der Waals surface area contributed by atoms with Gasteiger partial charge in [0.1, 0.15) is 17.4 Å². The molecule has 0 saturated carbocycles. The number of methoxy groups -OCH3 is 1. The van der Waals surface area contributed by atoms with Gasteiger partial charge in [-0.3, -0.25) is 4.79 Å². The Balaban J connectivity index is 1.65. The summed E-state index contributed by atoms with van der Waals surface area (Å²) in [4.78, 5) is 21.7. The summed E-state index contributed by atoms with van der Waals surface area (Å²) in [7, 11) is 3.68. The van der Waals surface area contributed by atoms with Crippen molar-refractivity contribution in [2.45, 2.75) is 19.8 Å². The van der Waals surface area contributed by atoms with Crippen molar-refractivity contribution >= 4 is 11.7 Å². The standard InChI is InChI=1S/C28H33FN4O2/c1-5-32(3)13-14-33(6-2)28(34)23-15-19(11-12-25(23)29)20-16-22-24(18-31-27(22)30-17-20)21-9-7-8-10-26(21)35-4/h7-12,15-17,24H,5-6,13-14,18H2,1-4H3,(H,30,31). The van der Waals surface area contributed by atoms with E-state index < -0.39 is 5.82 Å². The molecule has 7 heteroatoms. The summed E-state index contributed by atoms with van der Waals surface area (Å²) in [6.45, 7) is 7.41. The number of aromatic nitrogens is 1. The third-order valence-corrected chi connectivity index (χ3v) is 6.77. The zero-order valence-electron chi connectivity index (χ0n) is 20.8. The summed E-state index contributed by atoms with van der Waals surface area (Å²) in [6, 6.07) is 14.8. The van der Waals surface area contributed by atoms with Gasteiger partial charge < -0.3 is 19.9 Å². The quantitative estimate of drug-likeness (QED) is 0.478. The van der Waals surface area contributed by atoms with Crippen LogP contribution in [0.4, 0.5) is 10.2 Å². The Morgan fingerprint density at radius 3 is 2.63 bits per heavy atom. The number of hydrogen-bond acceptors (Lipinski definition) is 5. The van der Waals surface area contributed by atoms with Gasteiger partial charge in [0.15, 0.2) is 0 Å². The fourth-order valence-electron chi connectivity index (χ4n) is 4.49. The number of anilines is 1. The van der Waals surface area contributed by atoms with Gasteiger partial charge in [0.05, 0.1) is 12.7 Å². The first-order valence-electron chi connectivity index (χ1n) is 12.1. The molecule has 3 aromatic rings. The minimum atomic E-state index is -0.510. The number of rotatable bonds is 9. The van der Waals surface area contributed by atoms with Crippen LogP contribution in [-0.4, -0.2) is 67.6 Å². The van der Waals surface area contributed by atoms with Gasteiger partial charge in [-0.2, -0.15) is 0 Å². The van der Waals surface area contributed by atoms with Crippen LogP contribution in [0.1, 0.15) is 41.3 Å². The van der Waals surface area contributed by atoms with Crippen molar-refractivity contribution in [3.05, 3.63) is 77.2 Å². The molecule has 0 radical (unpaired) electrons. The van der Waals surface area contributed by atoms with E-state index in [1.54, 1.807) is 30.3 Å². The predicted molar refractivity (Wildman–Crippen MR) is 138 cm³/mol. The largest absolute Gasteiger partial charge is 0.496 e. The molecule has 2 heterocycles. The molecule has 1 unspecified atom stereocenters. The number of carbonyl (C=O) groups excluding carboxylic acids is 1. The number of ether oxygens (including phenoxy) is 1. The molecule has 0 saturated heterocycles. The second kappa shape index (κ2) is 10.9. The van der Waals surface area contributed by atoms with Crippen molar-refractivity contribution in [1.29, 1.82) is 0 Å². The molecular formula is C28H33FN4O2. The van der Waals surface area contributed by atoms with Gasteiger partial charge in [-0.25, -0.2) is 9.37 Å². The normalized spacial score (nSPS) is 14.5. The maximum atomic E-state index is 14.8. The van der Waals surface area contributed by atoms with Crippen LogP contribution in [-0.2, 0) is 0 Å². The van der Waals surface area contributed by atoms with Gasteiger partial charge in [0.2, 0.25) is 0 Å². The van der Waals surface area contributed by atoms with E-state index in [4.69, 9.17) is 4.74 Å². The molecule has 0 fully saturated rings. The smallest absolute Gasteiger partial charge is 0.256 e. The number of likely N-dealkylation sites (N-methyl/N-ethyl adjacent to an activating group) is 2. The van der Waals surface area contributed by atoms with E-state index in [1.807, 2.05) is 32.2 Å². The minimum Gasteiger partial charge on any atom is -0.496 e. The minimum absolute atomic E-state index is 0.0845. The Bertz CT molecular complexity index is 1200. The molecule has 4 rings (SSSR count). The number of pyridine rings is 1.